The maximum atomic E-state index is 14.3. The maximum absolute atomic E-state index is 14.3. The highest BCUT2D eigenvalue weighted by Gasteiger charge is 2.49. The van der Waals surface area contributed by atoms with Gasteiger partial charge in [0, 0.05) is 36.0 Å². The minimum absolute atomic E-state index is 0.187. The highest BCUT2D eigenvalue weighted by Crippen LogP contribution is 2.36. The summed E-state index contributed by atoms with van der Waals surface area (Å²) >= 11 is 6.03. The quantitative estimate of drug-likeness (QED) is 0.585. The highest BCUT2D eigenvalue weighted by molar-refractivity contribution is 6.31. The Balaban J connectivity index is 1.68. The number of carbonyl (C=O) groups is 1. The molecule has 1 amide bonds. The van der Waals surface area contributed by atoms with Crippen LogP contribution in [0, 0.1) is 0 Å². The molecular weight excluding hydrogens is 440 g/mol. The van der Waals surface area contributed by atoms with Crippen molar-refractivity contribution < 1.29 is 22.4 Å². The topological polar surface area (TPSA) is 86.8 Å². The second-order valence-electron chi connectivity index (χ2n) is 7.47. The van der Waals surface area contributed by atoms with Crippen LogP contribution in [-0.2, 0) is 4.79 Å². The highest BCUT2D eigenvalue weighted by atomic mass is 35.5. The fourth-order valence-corrected chi connectivity index (χ4v) is 3.89. The monoisotopic (exact) mass is 456 g/mol. The van der Waals surface area contributed by atoms with Gasteiger partial charge in [-0.1, -0.05) is 11.6 Å². The first-order valence-electron chi connectivity index (χ1n) is 9.30. The number of anilines is 1. The van der Waals surface area contributed by atoms with Crippen LogP contribution in [0.4, 0.5) is 23.4 Å². The zero-order valence-electron chi connectivity index (χ0n) is 16.2. The first kappa shape index (κ1) is 21.3. The van der Waals surface area contributed by atoms with E-state index in [1.807, 2.05) is 5.32 Å². The molecule has 3 aromatic rings. The van der Waals surface area contributed by atoms with Gasteiger partial charge in [0.15, 0.2) is 5.82 Å². The molecule has 31 heavy (non-hydrogen) atoms. The summed E-state index contributed by atoms with van der Waals surface area (Å²) < 4.78 is 52.0. The van der Waals surface area contributed by atoms with Crippen molar-refractivity contribution in [2.45, 2.75) is 31.2 Å². The summed E-state index contributed by atoms with van der Waals surface area (Å²) in [5, 5.41) is 2.94. The van der Waals surface area contributed by atoms with Crippen LogP contribution in [0.2, 0.25) is 5.02 Å². The molecule has 0 bridgehead atoms. The Bertz CT molecular complexity index is 1140. The average Bonchev–Trinajstić information content (AvgIpc) is 3.26. The van der Waals surface area contributed by atoms with E-state index in [-0.39, 0.29) is 24.6 Å². The molecule has 1 fully saturated rings. The number of carbonyl (C=O) groups excluding carboxylic acids is 1. The number of aromatic nitrogens is 4. The van der Waals surface area contributed by atoms with Crippen molar-refractivity contribution in [1.82, 2.24) is 25.3 Å². The van der Waals surface area contributed by atoms with Gasteiger partial charge in [0.25, 0.3) is 0 Å². The number of aromatic amines is 1. The van der Waals surface area contributed by atoms with Crippen molar-refractivity contribution in [3.8, 4) is 11.4 Å². The second-order valence-corrected chi connectivity index (χ2v) is 7.91. The van der Waals surface area contributed by atoms with Crippen molar-refractivity contribution in [3.05, 3.63) is 35.7 Å². The molecule has 164 valence electrons. The van der Waals surface area contributed by atoms with Crippen LogP contribution < -0.4 is 10.2 Å². The number of amides is 1. The van der Waals surface area contributed by atoms with E-state index in [9.17, 15) is 22.4 Å². The van der Waals surface area contributed by atoms with E-state index in [0.29, 0.717) is 21.6 Å². The third kappa shape index (κ3) is 4.14. The molecule has 0 aromatic carbocycles. The van der Waals surface area contributed by atoms with Gasteiger partial charge in [0.05, 0.1) is 11.6 Å². The van der Waals surface area contributed by atoms with E-state index in [1.165, 1.54) is 30.3 Å². The lowest BCUT2D eigenvalue weighted by molar-refractivity contribution is -0.141. The molecule has 0 radical (unpaired) electrons. The zero-order valence-corrected chi connectivity index (χ0v) is 16.9. The van der Waals surface area contributed by atoms with Crippen LogP contribution in [0.15, 0.2) is 30.7 Å². The predicted octanol–water partition coefficient (Wildman–Crippen LogP) is 3.66. The smallest absolute Gasteiger partial charge is 0.345 e. The predicted molar refractivity (Wildman–Crippen MR) is 106 cm³/mol. The number of nitrogens with one attached hydrogen (secondary N) is 2. The third-order valence-electron chi connectivity index (χ3n) is 5.19. The van der Waals surface area contributed by atoms with E-state index in [1.54, 1.807) is 12.3 Å². The number of alkyl halides is 4. The summed E-state index contributed by atoms with van der Waals surface area (Å²) in [6.07, 6.45) is -1.67. The minimum Gasteiger partial charge on any atom is -0.345 e. The number of hydrogen-bond acceptors (Lipinski definition) is 5. The van der Waals surface area contributed by atoms with Crippen LogP contribution in [0.3, 0.4) is 0 Å². The van der Waals surface area contributed by atoms with Crippen molar-refractivity contribution in [3.63, 3.8) is 0 Å². The fraction of sp³-hybridized carbons (Fsp3) is 0.368. The Morgan fingerprint density at radius 3 is 2.94 bits per heavy atom. The molecule has 2 N–H and O–H groups in total. The lowest BCUT2D eigenvalue weighted by Gasteiger charge is -2.34. The van der Waals surface area contributed by atoms with Gasteiger partial charge in [0.2, 0.25) is 5.91 Å². The lowest BCUT2D eigenvalue weighted by Crippen LogP contribution is -2.55. The van der Waals surface area contributed by atoms with Gasteiger partial charge in [0.1, 0.15) is 29.7 Å². The summed E-state index contributed by atoms with van der Waals surface area (Å²) in [4.78, 5) is 29.8. The molecule has 12 heteroatoms. The largest absolute Gasteiger partial charge is 0.405 e. The number of halogens is 5. The summed E-state index contributed by atoms with van der Waals surface area (Å²) in [6.45, 7) is -0.284. The summed E-state index contributed by atoms with van der Waals surface area (Å²) in [7, 11) is 0. The third-order valence-corrected chi connectivity index (χ3v) is 5.40. The molecule has 0 aliphatic carbocycles. The van der Waals surface area contributed by atoms with Crippen molar-refractivity contribution >= 4 is 34.4 Å². The molecule has 2 atom stereocenters. The van der Waals surface area contributed by atoms with Gasteiger partial charge < -0.3 is 15.2 Å². The van der Waals surface area contributed by atoms with Crippen LogP contribution in [-0.4, -0.2) is 56.8 Å². The number of hydrogen-bond donors (Lipinski definition) is 2. The molecule has 0 saturated carbocycles. The first-order valence-corrected chi connectivity index (χ1v) is 9.67. The van der Waals surface area contributed by atoms with Gasteiger partial charge in [-0.15, -0.1) is 0 Å². The van der Waals surface area contributed by atoms with E-state index >= 15 is 0 Å². The summed E-state index contributed by atoms with van der Waals surface area (Å²) in [5.74, 6) is -0.430. The molecule has 1 saturated heterocycles. The lowest BCUT2D eigenvalue weighted by atomic mass is 9.97. The minimum atomic E-state index is -4.57. The van der Waals surface area contributed by atoms with Crippen LogP contribution in [0.5, 0.6) is 0 Å². The van der Waals surface area contributed by atoms with E-state index in [2.05, 4.69) is 19.9 Å². The molecule has 1 unspecified atom stereocenters. The zero-order chi connectivity index (χ0) is 22.4. The molecule has 7 nitrogen and oxygen atoms in total. The van der Waals surface area contributed by atoms with E-state index in [4.69, 9.17) is 11.6 Å². The molecule has 4 rings (SSSR count). The SMILES string of the molecule is C[C@]1(C(=O)NCC(F)(F)F)CC(F)CN1c1ccnc(-c2c[nH]c3ncc(Cl)cc23)n1. The Morgan fingerprint density at radius 1 is 1.42 bits per heavy atom. The number of fused-ring (bicyclic) bond motifs is 1. The van der Waals surface area contributed by atoms with Gasteiger partial charge in [-0.2, -0.15) is 13.2 Å². The molecule has 3 aromatic heterocycles. The average molecular weight is 457 g/mol. The Hall–Kier alpha value is -2.95. The fourth-order valence-electron chi connectivity index (χ4n) is 3.73. The summed E-state index contributed by atoms with van der Waals surface area (Å²) in [5.41, 5.74) is -0.387. The van der Waals surface area contributed by atoms with Gasteiger partial charge in [-0.25, -0.2) is 19.3 Å². The van der Waals surface area contributed by atoms with Crippen molar-refractivity contribution in [1.29, 1.82) is 0 Å². The molecule has 0 spiro atoms. The standard InChI is InChI=1S/C19H17ClF4N6O/c1-18(17(31)28-9-19(22,23)24)5-11(21)8-30(18)14-2-3-25-16(29-14)13-7-27-15-12(13)4-10(20)6-26-15/h2-4,6-7,11H,5,8-9H2,1H3,(H,26,27)(H,28,31)/t11?,18-/m1/s1. The number of nitrogens with zero attached hydrogens (tertiary/aromatic N) is 4. The van der Waals surface area contributed by atoms with Gasteiger partial charge in [-0.05, 0) is 19.1 Å². The van der Waals surface area contributed by atoms with Crippen molar-refractivity contribution in [2.24, 2.45) is 0 Å². The summed E-state index contributed by atoms with van der Waals surface area (Å²) in [6, 6.07) is 3.17. The van der Waals surface area contributed by atoms with E-state index < -0.39 is 30.3 Å². The first-order chi connectivity index (χ1) is 14.6. The van der Waals surface area contributed by atoms with Crippen molar-refractivity contribution in [2.75, 3.05) is 18.0 Å². The number of H-pyrrole nitrogens is 1. The maximum Gasteiger partial charge on any atom is 0.405 e. The van der Waals surface area contributed by atoms with Crippen LogP contribution in [0.1, 0.15) is 13.3 Å². The van der Waals surface area contributed by atoms with Crippen LogP contribution in [0.25, 0.3) is 22.4 Å². The van der Waals surface area contributed by atoms with Gasteiger partial charge >= 0.3 is 6.18 Å². The van der Waals surface area contributed by atoms with Crippen LogP contribution >= 0.6 is 11.6 Å². The van der Waals surface area contributed by atoms with Gasteiger partial charge in [-0.3, -0.25) is 4.79 Å². The normalized spacial score (nSPS) is 21.6. The number of rotatable bonds is 4. The molecule has 1 aliphatic rings. The second kappa shape index (κ2) is 7.63. The molecule has 1 aliphatic heterocycles. The molecule has 4 heterocycles. The van der Waals surface area contributed by atoms with E-state index in [0.717, 1.165) is 0 Å². The molecular formula is C19H17ClF4N6O. The Labute approximate surface area is 178 Å². The Kier molecular flexibility index (Phi) is 5.24. The Morgan fingerprint density at radius 2 is 2.19 bits per heavy atom. The number of pyridine rings is 1.